The number of halogens is 1. The number of rotatable bonds is 4. The molecule has 90 valence electrons. The predicted molar refractivity (Wildman–Crippen MR) is 68.8 cm³/mol. The van der Waals surface area contributed by atoms with Crippen LogP contribution >= 0.6 is 22.9 Å². The van der Waals surface area contributed by atoms with E-state index in [1.165, 1.54) is 11.3 Å². The lowest BCUT2D eigenvalue weighted by Crippen LogP contribution is -2.04. The second-order valence-electron chi connectivity index (χ2n) is 3.50. The molecule has 0 amide bonds. The van der Waals surface area contributed by atoms with Crippen molar-refractivity contribution in [1.82, 2.24) is 4.98 Å². The first-order chi connectivity index (χ1) is 8.22. The van der Waals surface area contributed by atoms with Gasteiger partial charge >= 0.3 is 0 Å². The lowest BCUT2D eigenvalue weighted by Gasteiger charge is -2.15. The van der Waals surface area contributed by atoms with Crippen LogP contribution in [0.25, 0.3) is 0 Å². The van der Waals surface area contributed by atoms with Gasteiger partial charge in [-0.25, -0.2) is 4.98 Å². The van der Waals surface area contributed by atoms with Crippen molar-refractivity contribution in [3.63, 3.8) is 0 Å². The maximum absolute atomic E-state index is 10.2. The van der Waals surface area contributed by atoms with Gasteiger partial charge in [-0.15, -0.1) is 11.3 Å². The van der Waals surface area contributed by atoms with Crippen LogP contribution in [0.1, 0.15) is 16.7 Å². The highest BCUT2D eigenvalue weighted by molar-refractivity contribution is 7.09. The summed E-state index contributed by atoms with van der Waals surface area (Å²) in [5, 5.41) is 13.5. The summed E-state index contributed by atoms with van der Waals surface area (Å²) in [7, 11) is 1.56. The summed E-state index contributed by atoms with van der Waals surface area (Å²) in [4.78, 5) is 4.14. The third-order valence-corrected chi connectivity index (χ3v) is 3.55. The first kappa shape index (κ1) is 12.4. The maximum atomic E-state index is 10.2. The summed E-state index contributed by atoms with van der Waals surface area (Å²) < 4.78 is 5.21. The Kier molecular flexibility index (Phi) is 3.99. The van der Waals surface area contributed by atoms with Gasteiger partial charge in [0, 0.05) is 23.6 Å². The third-order valence-electron chi connectivity index (χ3n) is 2.42. The smallest absolute Gasteiger partial charge is 0.126 e. The van der Waals surface area contributed by atoms with Crippen molar-refractivity contribution in [3.05, 3.63) is 45.4 Å². The minimum absolute atomic E-state index is 0.442. The molecule has 5 heteroatoms. The van der Waals surface area contributed by atoms with Crippen molar-refractivity contribution >= 4 is 22.9 Å². The van der Waals surface area contributed by atoms with E-state index in [1.54, 1.807) is 31.5 Å². The van der Waals surface area contributed by atoms with E-state index in [0.717, 1.165) is 5.01 Å². The SMILES string of the molecule is COc1cccc(Cl)c1C(O)Cc1nccs1. The number of aromatic nitrogens is 1. The zero-order valence-electron chi connectivity index (χ0n) is 9.26. The zero-order chi connectivity index (χ0) is 12.3. The molecule has 0 aliphatic heterocycles. The minimum Gasteiger partial charge on any atom is -0.496 e. The van der Waals surface area contributed by atoms with E-state index in [2.05, 4.69) is 4.98 Å². The highest BCUT2D eigenvalue weighted by atomic mass is 35.5. The van der Waals surface area contributed by atoms with Crippen molar-refractivity contribution in [2.75, 3.05) is 7.11 Å². The molecule has 0 bridgehead atoms. The van der Waals surface area contributed by atoms with Gasteiger partial charge in [-0.3, -0.25) is 0 Å². The van der Waals surface area contributed by atoms with Gasteiger partial charge in [0.25, 0.3) is 0 Å². The summed E-state index contributed by atoms with van der Waals surface area (Å²) in [6.07, 6.45) is 1.46. The van der Waals surface area contributed by atoms with E-state index in [0.29, 0.717) is 22.8 Å². The molecule has 1 aromatic carbocycles. The number of methoxy groups -OCH3 is 1. The van der Waals surface area contributed by atoms with Gasteiger partial charge in [0.1, 0.15) is 5.75 Å². The molecule has 0 radical (unpaired) electrons. The van der Waals surface area contributed by atoms with Crippen LogP contribution in [0, 0.1) is 0 Å². The normalized spacial score (nSPS) is 12.4. The van der Waals surface area contributed by atoms with Crippen molar-refractivity contribution in [2.24, 2.45) is 0 Å². The van der Waals surface area contributed by atoms with E-state index in [9.17, 15) is 5.11 Å². The minimum atomic E-state index is -0.704. The van der Waals surface area contributed by atoms with Crippen LogP contribution in [-0.2, 0) is 6.42 Å². The molecule has 0 aliphatic carbocycles. The van der Waals surface area contributed by atoms with Gasteiger partial charge in [-0.1, -0.05) is 17.7 Å². The summed E-state index contributed by atoms with van der Waals surface area (Å²) in [6.45, 7) is 0. The molecule has 1 atom stereocenters. The van der Waals surface area contributed by atoms with E-state index in [1.807, 2.05) is 5.38 Å². The van der Waals surface area contributed by atoms with Gasteiger partial charge in [-0.05, 0) is 12.1 Å². The number of thiazole rings is 1. The molecule has 1 unspecified atom stereocenters. The molecule has 0 saturated heterocycles. The average Bonchev–Trinajstić information content (AvgIpc) is 2.81. The molecule has 17 heavy (non-hydrogen) atoms. The van der Waals surface area contributed by atoms with Crippen molar-refractivity contribution < 1.29 is 9.84 Å². The Morgan fingerprint density at radius 2 is 2.35 bits per heavy atom. The average molecular weight is 270 g/mol. The Balaban J connectivity index is 2.26. The van der Waals surface area contributed by atoms with Crippen LogP contribution < -0.4 is 4.74 Å². The van der Waals surface area contributed by atoms with Gasteiger partial charge < -0.3 is 9.84 Å². The van der Waals surface area contributed by atoms with Gasteiger partial charge in [0.05, 0.1) is 23.2 Å². The van der Waals surface area contributed by atoms with E-state index in [4.69, 9.17) is 16.3 Å². The molecule has 3 nitrogen and oxygen atoms in total. The van der Waals surface area contributed by atoms with Crippen molar-refractivity contribution in [1.29, 1.82) is 0 Å². The highest BCUT2D eigenvalue weighted by Crippen LogP contribution is 2.33. The fourth-order valence-electron chi connectivity index (χ4n) is 1.64. The Hall–Kier alpha value is -1.10. The molecule has 1 aromatic heterocycles. The number of ether oxygens (including phenoxy) is 1. The number of hydrogen-bond donors (Lipinski definition) is 1. The van der Waals surface area contributed by atoms with E-state index in [-0.39, 0.29) is 0 Å². The maximum Gasteiger partial charge on any atom is 0.126 e. The largest absolute Gasteiger partial charge is 0.496 e. The quantitative estimate of drug-likeness (QED) is 0.928. The predicted octanol–water partition coefficient (Wildman–Crippen LogP) is 3.08. The van der Waals surface area contributed by atoms with Gasteiger partial charge in [0.15, 0.2) is 0 Å². The molecular formula is C12H12ClNO2S. The van der Waals surface area contributed by atoms with Crippen LogP contribution in [0.4, 0.5) is 0 Å². The van der Waals surface area contributed by atoms with Crippen LogP contribution in [0.15, 0.2) is 29.8 Å². The molecule has 2 aromatic rings. The van der Waals surface area contributed by atoms with Gasteiger partial charge in [0.2, 0.25) is 0 Å². The summed E-state index contributed by atoms with van der Waals surface area (Å²) in [6, 6.07) is 5.32. The summed E-state index contributed by atoms with van der Waals surface area (Å²) >= 11 is 7.60. The van der Waals surface area contributed by atoms with Crippen molar-refractivity contribution in [3.8, 4) is 5.75 Å². The second-order valence-corrected chi connectivity index (χ2v) is 4.89. The Morgan fingerprint density at radius 3 is 3.00 bits per heavy atom. The first-order valence-electron chi connectivity index (χ1n) is 5.11. The van der Waals surface area contributed by atoms with E-state index < -0.39 is 6.10 Å². The standard InChI is InChI=1S/C12H12ClNO2S/c1-16-10-4-2-3-8(13)12(10)9(15)7-11-14-5-6-17-11/h2-6,9,15H,7H2,1H3. The number of nitrogens with zero attached hydrogens (tertiary/aromatic N) is 1. The second kappa shape index (κ2) is 5.49. The monoisotopic (exact) mass is 269 g/mol. The lowest BCUT2D eigenvalue weighted by atomic mass is 10.1. The van der Waals surface area contributed by atoms with E-state index >= 15 is 0 Å². The fourth-order valence-corrected chi connectivity index (χ4v) is 2.59. The molecule has 1 N–H and O–H groups in total. The molecular weight excluding hydrogens is 258 g/mol. The molecule has 1 heterocycles. The molecule has 0 aliphatic rings. The van der Waals surface area contributed by atoms with Crippen LogP contribution in [-0.4, -0.2) is 17.2 Å². The summed E-state index contributed by atoms with van der Waals surface area (Å²) in [5.41, 5.74) is 0.617. The van der Waals surface area contributed by atoms with Crippen LogP contribution in [0.5, 0.6) is 5.75 Å². The Labute approximate surface area is 109 Å². The number of hydrogen-bond acceptors (Lipinski definition) is 4. The lowest BCUT2D eigenvalue weighted by molar-refractivity contribution is 0.174. The highest BCUT2D eigenvalue weighted by Gasteiger charge is 2.18. The summed E-state index contributed by atoms with van der Waals surface area (Å²) in [5.74, 6) is 0.599. The van der Waals surface area contributed by atoms with Crippen LogP contribution in [0.2, 0.25) is 5.02 Å². The van der Waals surface area contributed by atoms with Crippen molar-refractivity contribution in [2.45, 2.75) is 12.5 Å². The fraction of sp³-hybridized carbons (Fsp3) is 0.250. The molecule has 2 rings (SSSR count). The van der Waals surface area contributed by atoms with Gasteiger partial charge in [-0.2, -0.15) is 0 Å². The number of benzene rings is 1. The third kappa shape index (κ3) is 2.77. The first-order valence-corrected chi connectivity index (χ1v) is 6.37. The zero-order valence-corrected chi connectivity index (χ0v) is 10.8. The van der Waals surface area contributed by atoms with Crippen LogP contribution in [0.3, 0.4) is 0 Å². The number of aliphatic hydroxyl groups excluding tert-OH is 1. The topological polar surface area (TPSA) is 42.4 Å². The number of aliphatic hydroxyl groups is 1. The molecule has 0 saturated carbocycles. The molecule has 0 spiro atoms. The molecule has 0 fully saturated rings. The Morgan fingerprint density at radius 1 is 1.53 bits per heavy atom. The Bertz CT molecular complexity index is 487.